The Hall–Kier alpha value is -0.350. The second-order valence-electron chi connectivity index (χ2n) is 3.63. The molecule has 0 spiro atoms. The first kappa shape index (κ1) is 13.7. The first-order valence-corrected chi connectivity index (χ1v) is 4.65. The van der Waals surface area contributed by atoms with Gasteiger partial charge in [-0.25, -0.2) is 0 Å². The highest BCUT2D eigenvalue weighted by molar-refractivity contribution is 4.76. The summed E-state index contributed by atoms with van der Waals surface area (Å²) in [5, 5.41) is 0. The maximum Gasteiger partial charge on any atom is 0.453 e. The summed E-state index contributed by atoms with van der Waals surface area (Å²) in [6.07, 6.45) is -5.09. The Morgan fingerprint density at radius 1 is 1.00 bits per heavy atom. The Bertz CT molecular complexity index is 161. The molecule has 0 aromatic rings. The van der Waals surface area contributed by atoms with Crippen LogP contribution in [0.4, 0.5) is 22.0 Å². The van der Waals surface area contributed by atoms with Gasteiger partial charge in [-0.3, -0.25) is 0 Å². The van der Waals surface area contributed by atoms with E-state index in [4.69, 9.17) is 0 Å². The van der Waals surface area contributed by atoms with Gasteiger partial charge in [-0.15, -0.1) is 0 Å². The van der Waals surface area contributed by atoms with Crippen LogP contribution in [0.2, 0.25) is 0 Å². The molecule has 0 bridgehead atoms. The molecule has 0 radical (unpaired) electrons. The lowest BCUT2D eigenvalue weighted by Gasteiger charge is -2.21. The fraction of sp³-hybridized carbons (Fsp3) is 1.00. The van der Waals surface area contributed by atoms with Gasteiger partial charge in [-0.2, -0.15) is 22.0 Å². The van der Waals surface area contributed by atoms with Crippen molar-refractivity contribution in [1.82, 2.24) is 0 Å². The molecule has 0 heterocycles. The van der Waals surface area contributed by atoms with Crippen molar-refractivity contribution in [2.24, 2.45) is 5.92 Å². The van der Waals surface area contributed by atoms with Gasteiger partial charge in [-0.1, -0.05) is 26.7 Å². The smallest absolute Gasteiger partial charge is 0.196 e. The minimum atomic E-state index is -5.40. The molecule has 0 saturated heterocycles. The zero-order valence-corrected chi connectivity index (χ0v) is 8.30. The molecule has 0 aromatic heterocycles. The zero-order chi connectivity index (χ0) is 11.4. The molecular weight excluding hydrogens is 203 g/mol. The number of alkyl halides is 5. The van der Waals surface area contributed by atoms with E-state index < -0.39 is 18.5 Å². The van der Waals surface area contributed by atoms with E-state index in [1.807, 2.05) is 6.92 Å². The van der Waals surface area contributed by atoms with Crippen LogP contribution < -0.4 is 0 Å². The van der Waals surface area contributed by atoms with Crippen LogP contribution in [-0.2, 0) is 0 Å². The molecule has 86 valence electrons. The van der Waals surface area contributed by atoms with Gasteiger partial charge in [0, 0.05) is 6.42 Å². The highest BCUT2D eigenvalue weighted by Gasteiger charge is 2.56. The van der Waals surface area contributed by atoms with Gasteiger partial charge in [-0.05, 0) is 12.3 Å². The molecule has 0 N–H and O–H groups in total. The van der Waals surface area contributed by atoms with Crippen LogP contribution in [0.3, 0.4) is 0 Å². The molecule has 0 amide bonds. The third kappa shape index (κ3) is 4.24. The minimum absolute atomic E-state index is 0.0757. The summed E-state index contributed by atoms with van der Waals surface area (Å²) in [4.78, 5) is 0. The number of halogens is 5. The van der Waals surface area contributed by atoms with Crippen molar-refractivity contribution in [1.29, 1.82) is 0 Å². The number of hydrogen-bond donors (Lipinski definition) is 0. The topological polar surface area (TPSA) is 0 Å². The van der Waals surface area contributed by atoms with E-state index in [2.05, 4.69) is 0 Å². The molecule has 0 rings (SSSR count). The SMILES string of the molecule is CCCC(C)CCC(F)(F)C(F)(F)F. The maximum atomic E-state index is 12.4. The third-order valence-electron chi connectivity index (χ3n) is 2.15. The van der Waals surface area contributed by atoms with Crippen LogP contribution in [0.15, 0.2) is 0 Å². The van der Waals surface area contributed by atoms with Crippen LogP contribution in [0, 0.1) is 5.92 Å². The summed E-state index contributed by atoms with van der Waals surface area (Å²) in [5.41, 5.74) is 0. The van der Waals surface area contributed by atoms with E-state index in [-0.39, 0.29) is 12.3 Å². The average Bonchev–Trinajstić information content (AvgIpc) is 1.99. The Morgan fingerprint density at radius 2 is 1.50 bits per heavy atom. The molecule has 0 aliphatic carbocycles. The Kier molecular flexibility index (Phi) is 4.81. The summed E-state index contributed by atoms with van der Waals surface area (Å²) in [5.74, 6) is -4.61. The fourth-order valence-corrected chi connectivity index (χ4v) is 1.21. The first-order valence-electron chi connectivity index (χ1n) is 4.65. The molecule has 0 aliphatic rings. The average molecular weight is 218 g/mol. The van der Waals surface area contributed by atoms with Gasteiger partial charge in [0.25, 0.3) is 0 Å². The predicted molar refractivity (Wildman–Crippen MR) is 44.3 cm³/mol. The third-order valence-corrected chi connectivity index (χ3v) is 2.15. The van der Waals surface area contributed by atoms with Gasteiger partial charge >= 0.3 is 12.1 Å². The molecule has 0 fully saturated rings. The summed E-state index contributed by atoms with van der Waals surface area (Å²) < 4.78 is 60.0. The summed E-state index contributed by atoms with van der Waals surface area (Å²) in [7, 11) is 0. The van der Waals surface area contributed by atoms with Crippen molar-refractivity contribution in [3.05, 3.63) is 0 Å². The Morgan fingerprint density at radius 3 is 1.86 bits per heavy atom. The number of rotatable bonds is 5. The van der Waals surface area contributed by atoms with E-state index in [1.165, 1.54) is 0 Å². The van der Waals surface area contributed by atoms with Crippen molar-refractivity contribution in [2.45, 2.75) is 51.6 Å². The lowest BCUT2D eigenvalue weighted by atomic mass is 9.98. The van der Waals surface area contributed by atoms with Crippen LogP contribution in [0.5, 0.6) is 0 Å². The maximum absolute atomic E-state index is 12.4. The molecule has 0 aromatic carbocycles. The minimum Gasteiger partial charge on any atom is -0.196 e. The monoisotopic (exact) mass is 218 g/mol. The van der Waals surface area contributed by atoms with Crippen LogP contribution in [-0.4, -0.2) is 12.1 Å². The Balaban J connectivity index is 3.99. The van der Waals surface area contributed by atoms with Crippen molar-refractivity contribution < 1.29 is 22.0 Å². The summed E-state index contributed by atoms with van der Waals surface area (Å²) in [6.45, 7) is 3.56. The first-order chi connectivity index (χ1) is 6.20. The van der Waals surface area contributed by atoms with E-state index in [0.717, 1.165) is 6.42 Å². The van der Waals surface area contributed by atoms with Crippen LogP contribution in [0.25, 0.3) is 0 Å². The van der Waals surface area contributed by atoms with Crippen LogP contribution in [0.1, 0.15) is 39.5 Å². The summed E-state index contributed by atoms with van der Waals surface area (Å²) >= 11 is 0. The highest BCUT2D eigenvalue weighted by atomic mass is 19.4. The molecule has 5 heteroatoms. The largest absolute Gasteiger partial charge is 0.453 e. The van der Waals surface area contributed by atoms with Gasteiger partial charge in [0.2, 0.25) is 0 Å². The lowest BCUT2D eigenvalue weighted by Crippen LogP contribution is -2.36. The fourth-order valence-electron chi connectivity index (χ4n) is 1.21. The molecule has 0 saturated carbocycles. The van der Waals surface area contributed by atoms with E-state index in [9.17, 15) is 22.0 Å². The van der Waals surface area contributed by atoms with E-state index >= 15 is 0 Å². The van der Waals surface area contributed by atoms with Gasteiger partial charge in [0.15, 0.2) is 0 Å². The highest BCUT2D eigenvalue weighted by Crippen LogP contribution is 2.39. The van der Waals surface area contributed by atoms with Gasteiger partial charge in [0.1, 0.15) is 0 Å². The van der Waals surface area contributed by atoms with Crippen molar-refractivity contribution in [3.63, 3.8) is 0 Å². The second kappa shape index (κ2) is 4.94. The van der Waals surface area contributed by atoms with E-state index in [0.29, 0.717) is 6.42 Å². The molecular formula is C9H15F5. The van der Waals surface area contributed by atoms with E-state index in [1.54, 1.807) is 6.92 Å². The number of hydrogen-bond acceptors (Lipinski definition) is 0. The molecule has 0 aliphatic heterocycles. The normalized spacial score (nSPS) is 15.6. The lowest BCUT2D eigenvalue weighted by molar-refractivity contribution is -0.285. The zero-order valence-electron chi connectivity index (χ0n) is 8.30. The Labute approximate surface area is 80.5 Å². The van der Waals surface area contributed by atoms with Crippen molar-refractivity contribution in [2.75, 3.05) is 0 Å². The van der Waals surface area contributed by atoms with Crippen molar-refractivity contribution >= 4 is 0 Å². The molecule has 1 unspecified atom stereocenters. The van der Waals surface area contributed by atoms with Crippen molar-refractivity contribution in [3.8, 4) is 0 Å². The predicted octanol–water partition coefficient (Wildman–Crippen LogP) is 4.40. The quantitative estimate of drug-likeness (QED) is 0.600. The van der Waals surface area contributed by atoms with Gasteiger partial charge < -0.3 is 0 Å². The van der Waals surface area contributed by atoms with Gasteiger partial charge in [0.05, 0.1) is 0 Å². The standard InChI is InChI=1S/C9H15F5/c1-3-4-7(2)5-6-8(10,11)9(12,13)14/h7H,3-6H2,1-2H3. The molecule has 1 atom stereocenters. The molecule has 0 nitrogen and oxygen atoms in total. The molecule has 14 heavy (non-hydrogen) atoms. The van der Waals surface area contributed by atoms with Crippen LogP contribution >= 0.6 is 0 Å². The summed E-state index contributed by atoms with van der Waals surface area (Å²) in [6, 6.07) is 0. The second-order valence-corrected chi connectivity index (χ2v) is 3.63.